The van der Waals surface area contributed by atoms with Crippen molar-refractivity contribution in [1.29, 1.82) is 0 Å². The number of hydrogen-bond donors (Lipinski definition) is 0. The van der Waals surface area contributed by atoms with Crippen LogP contribution in [0.5, 0.6) is 0 Å². The van der Waals surface area contributed by atoms with Gasteiger partial charge >= 0.3 is 0 Å². The molecular formula is C106H69N7. The summed E-state index contributed by atoms with van der Waals surface area (Å²) in [5, 5.41) is 9.23. The second-order valence-electron chi connectivity index (χ2n) is 28.4. The van der Waals surface area contributed by atoms with E-state index in [1.165, 1.54) is 54.8 Å². The van der Waals surface area contributed by atoms with E-state index in [1.807, 2.05) is 36.4 Å². The van der Waals surface area contributed by atoms with Crippen molar-refractivity contribution in [2.45, 2.75) is 0 Å². The summed E-state index contributed by atoms with van der Waals surface area (Å²) in [6.07, 6.45) is 0. The molecule has 0 saturated heterocycles. The van der Waals surface area contributed by atoms with Gasteiger partial charge in [0.1, 0.15) is 0 Å². The summed E-state index contributed by atoms with van der Waals surface area (Å²) in [7, 11) is 0. The molecule has 0 amide bonds. The Balaban J connectivity index is 0.000000147. The van der Waals surface area contributed by atoms with Gasteiger partial charge in [-0.3, -0.25) is 0 Å². The minimum atomic E-state index is 0.674. The van der Waals surface area contributed by atoms with Gasteiger partial charge in [0, 0.05) is 93.3 Å². The molecule has 0 fully saturated rings. The van der Waals surface area contributed by atoms with Crippen molar-refractivity contribution >= 4 is 65.2 Å². The van der Waals surface area contributed by atoms with Crippen molar-refractivity contribution in [1.82, 2.24) is 34.5 Å². The molecule has 113 heavy (non-hydrogen) atoms. The Hall–Kier alpha value is -15.2. The Bertz CT molecular complexity index is 6960. The number of pyridine rings is 2. The van der Waals surface area contributed by atoms with Gasteiger partial charge in [0.15, 0.2) is 11.6 Å². The molecular weight excluding hydrogens is 1370 g/mol. The maximum Gasteiger partial charge on any atom is 0.160 e. The molecule has 0 N–H and O–H groups in total. The largest absolute Gasteiger partial charge is 0.309 e. The lowest BCUT2D eigenvalue weighted by atomic mass is 9.92. The van der Waals surface area contributed by atoms with Gasteiger partial charge in [0.05, 0.1) is 56.2 Å². The van der Waals surface area contributed by atoms with Gasteiger partial charge in [0.2, 0.25) is 0 Å². The van der Waals surface area contributed by atoms with Gasteiger partial charge < -0.3 is 4.57 Å². The second-order valence-corrected chi connectivity index (χ2v) is 28.4. The molecule has 528 valence electrons. The molecule has 0 unspecified atom stereocenters. The lowest BCUT2D eigenvalue weighted by Gasteiger charge is -2.15. The lowest BCUT2D eigenvalue weighted by molar-refractivity contribution is 1.17. The van der Waals surface area contributed by atoms with Crippen LogP contribution in [0.2, 0.25) is 0 Å². The third kappa shape index (κ3) is 13.0. The minimum absolute atomic E-state index is 0.674. The quantitative estimate of drug-likeness (QED) is 0.107. The monoisotopic (exact) mass is 1440 g/mol. The van der Waals surface area contributed by atoms with Crippen LogP contribution in [0.3, 0.4) is 0 Å². The Morgan fingerprint density at radius 3 is 0.920 bits per heavy atom. The van der Waals surface area contributed by atoms with E-state index in [4.69, 9.17) is 29.9 Å². The van der Waals surface area contributed by atoms with Crippen LogP contribution in [0.25, 0.3) is 206 Å². The van der Waals surface area contributed by atoms with Crippen molar-refractivity contribution < 1.29 is 0 Å². The summed E-state index contributed by atoms with van der Waals surface area (Å²) in [4.78, 5) is 31.6. The van der Waals surface area contributed by atoms with E-state index in [0.717, 1.165) is 139 Å². The SMILES string of the molecule is c1ccc(-c2cccc(-c3cc(-c4ccc5nc(-c6ccccc6)c6cccc(-c7ccccc7)c6c5c4)nc(-c4cccc(-c5ccccc5)c4)n3)c2)cc1.c1ccc(-c2nc(-c3ccc(-n4c5ccccc5c5ccccc54)cc3)cc(-c3ccc4nc(-c5ccccc5)c5cccc(-c6ccccc6)c5c4c3)n2)cc1. The van der Waals surface area contributed by atoms with E-state index < -0.39 is 0 Å². The zero-order valence-corrected chi connectivity index (χ0v) is 61.5. The van der Waals surface area contributed by atoms with Gasteiger partial charge in [-0.2, -0.15) is 0 Å². The van der Waals surface area contributed by atoms with Crippen molar-refractivity contribution in [2.24, 2.45) is 0 Å². The summed E-state index contributed by atoms with van der Waals surface area (Å²) < 4.78 is 2.34. The van der Waals surface area contributed by atoms with Crippen LogP contribution in [-0.4, -0.2) is 34.5 Å². The molecule has 16 aromatic carbocycles. The molecule has 0 atom stereocenters. The fourth-order valence-electron chi connectivity index (χ4n) is 16.0. The van der Waals surface area contributed by atoms with Gasteiger partial charge in [-0.15, -0.1) is 0 Å². The highest BCUT2D eigenvalue weighted by molar-refractivity contribution is 6.19. The smallest absolute Gasteiger partial charge is 0.160 e. The Morgan fingerprint density at radius 1 is 0.168 bits per heavy atom. The van der Waals surface area contributed by atoms with Crippen LogP contribution in [0.1, 0.15) is 0 Å². The summed E-state index contributed by atoms with van der Waals surface area (Å²) in [6.45, 7) is 0. The molecule has 0 aliphatic heterocycles. The average Bonchev–Trinajstić information content (AvgIpc) is 1.60. The standard InChI is InChI=1S/C53H34N4.C53H35N3/c1-4-15-35(16-5-1)41-23-14-24-44-51(41)45-33-39(29-32-46(45)54-52(44)37-17-6-2-7-18-37)48-34-47(55-53(56-48)38-19-8-3-9-20-38)36-27-30-40(31-28-36)57-49-25-12-10-21-42(49)43-22-11-13-26-50(43)57;1-5-16-36(17-6-1)40-24-13-26-42(32-40)49-35-50(56-53(55-49)44-27-14-25-41(33-44)37-18-7-2-8-19-37)43-30-31-48-47(34-43)51-45(38-20-9-3-10-21-38)28-15-29-46(51)52(54-48)39-22-11-4-12-23-39/h1-34H;1-35H. The molecule has 0 bridgehead atoms. The van der Waals surface area contributed by atoms with Crippen molar-refractivity contribution in [3.63, 3.8) is 0 Å². The maximum absolute atomic E-state index is 5.32. The molecule has 7 nitrogen and oxygen atoms in total. The molecule has 0 aliphatic carbocycles. The molecule has 0 spiro atoms. The van der Waals surface area contributed by atoms with E-state index in [0.29, 0.717) is 11.6 Å². The van der Waals surface area contributed by atoms with Gasteiger partial charge in [-0.1, -0.05) is 346 Å². The highest BCUT2D eigenvalue weighted by Gasteiger charge is 2.22. The highest BCUT2D eigenvalue weighted by Crippen LogP contribution is 2.44. The summed E-state index contributed by atoms with van der Waals surface area (Å²) in [5.41, 5.74) is 28.1. The molecule has 0 radical (unpaired) electrons. The zero-order chi connectivity index (χ0) is 75.0. The number of aromatic nitrogens is 7. The predicted octanol–water partition coefficient (Wildman–Crippen LogP) is 27.5. The second kappa shape index (κ2) is 29.4. The molecule has 0 aliphatic rings. The summed E-state index contributed by atoms with van der Waals surface area (Å²) in [5.74, 6) is 1.36. The van der Waals surface area contributed by atoms with Crippen LogP contribution >= 0.6 is 0 Å². The van der Waals surface area contributed by atoms with Crippen LogP contribution in [0.15, 0.2) is 419 Å². The number of nitrogens with zero attached hydrogens (tertiary/aromatic N) is 7. The lowest BCUT2D eigenvalue weighted by Crippen LogP contribution is -1.97. The van der Waals surface area contributed by atoms with E-state index in [2.05, 4.69) is 387 Å². The first-order chi connectivity index (χ1) is 56.0. The van der Waals surface area contributed by atoms with E-state index in [1.54, 1.807) is 0 Å². The third-order valence-electron chi connectivity index (χ3n) is 21.5. The predicted molar refractivity (Wildman–Crippen MR) is 469 cm³/mol. The zero-order valence-electron chi connectivity index (χ0n) is 61.5. The normalized spacial score (nSPS) is 11.4. The average molecular weight is 1440 g/mol. The van der Waals surface area contributed by atoms with Crippen molar-refractivity contribution in [3.05, 3.63) is 419 Å². The molecule has 7 heteroatoms. The van der Waals surface area contributed by atoms with Gasteiger partial charge in [-0.05, 0) is 117 Å². The molecule has 21 rings (SSSR count). The molecule has 5 aromatic heterocycles. The highest BCUT2D eigenvalue weighted by atomic mass is 15.0. The molecule has 5 heterocycles. The fraction of sp³-hybridized carbons (Fsp3) is 0. The molecule has 21 aromatic rings. The number of para-hydroxylation sites is 2. The Kier molecular flexibility index (Phi) is 17.5. The van der Waals surface area contributed by atoms with Crippen LogP contribution in [0.4, 0.5) is 0 Å². The first-order valence-corrected chi connectivity index (χ1v) is 38.2. The summed E-state index contributed by atoms with van der Waals surface area (Å²) in [6, 6.07) is 147. The van der Waals surface area contributed by atoms with Gasteiger partial charge in [-0.25, -0.2) is 29.9 Å². The maximum atomic E-state index is 5.32. The minimum Gasteiger partial charge on any atom is -0.309 e. The van der Waals surface area contributed by atoms with Crippen LogP contribution < -0.4 is 0 Å². The fourth-order valence-corrected chi connectivity index (χ4v) is 16.0. The Morgan fingerprint density at radius 2 is 0.478 bits per heavy atom. The number of hydrogen-bond acceptors (Lipinski definition) is 6. The number of rotatable bonds is 13. The first-order valence-electron chi connectivity index (χ1n) is 38.2. The van der Waals surface area contributed by atoms with Gasteiger partial charge in [0.25, 0.3) is 0 Å². The van der Waals surface area contributed by atoms with Crippen LogP contribution in [-0.2, 0) is 0 Å². The number of fused-ring (bicyclic) bond motifs is 9. The van der Waals surface area contributed by atoms with E-state index in [9.17, 15) is 0 Å². The first kappa shape index (κ1) is 67.2. The third-order valence-corrected chi connectivity index (χ3v) is 21.5. The van der Waals surface area contributed by atoms with Crippen LogP contribution in [0, 0.1) is 0 Å². The topological polar surface area (TPSA) is 82.3 Å². The van der Waals surface area contributed by atoms with E-state index >= 15 is 0 Å². The van der Waals surface area contributed by atoms with Crippen molar-refractivity contribution in [2.75, 3.05) is 0 Å². The molecule has 0 saturated carbocycles. The van der Waals surface area contributed by atoms with Crippen molar-refractivity contribution in [3.8, 4) is 141 Å². The Labute approximate surface area is 654 Å². The summed E-state index contributed by atoms with van der Waals surface area (Å²) >= 11 is 0. The number of benzene rings is 16. The van der Waals surface area contributed by atoms with E-state index in [-0.39, 0.29) is 0 Å².